The molecular weight excluding hydrogens is 742 g/mol. The Morgan fingerprint density at radius 3 is 1.51 bits per heavy atom. The lowest BCUT2D eigenvalue weighted by atomic mass is 10.3. The lowest BCUT2D eigenvalue weighted by Crippen LogP contribution is -2.17. The van der Waals surface area contributed by atoms with Crippen LogP contribution in [0.25, 0.3) is 0 Å². The van der Waals surface area contributed by atoms with E-state index in [1.165, 1.54) is 24.5 Å². The number of ether oxygens (including phenoxy) is 3. The van der Waals surface area contributed by atoms with Crippen molar-refractivity contribution in [2.75, 3.05) is 0 Å². The summed E-state index contributed by atoms with van der Waals surface area (Å²) < 4.78 is 83.8. The predicted octanol–water partition coefficient (Wildman–Crippen LogP) is 11.7. The number of aromatic nitrogens is 2. The monoisotopic (exact) mass is 750 g/mol. The summed E-state index contributed by atoms with van der Waals surface area (Å²) in [5, 5.41) is 9.66. The lowest BCUT2D eigenvalue weighted by molar-refractivity contribution is -0.275. The fourth-order valence-electron chi connectivity index (χ4n) is 2.44. The highest BCUT2D eigenvalue weighted by Gasteiger charge is 2.32. The van der Waals surface area contributed by atoms with Gasteiger partial charge in [-0.3, -0.25) is 0 Å². The Balaban J connectivity index is 0.000000249. The van der Waals surface area contributed by atoms with Crippen LogP contribution in [0.2, 0.25) is 35.4 Å². The smallest absolute Gasteiger partial charge is 0.506 e. The Hall–Kier alpha value is -2.45. The minimum Gasteiger partial charge on any atom is -0.506 e. The Morgan fingerprint density at radius 2 is 1.05 bits per heavy atom. The summed E-state index contributed by atoms with van der Waals surface area (Å²) in [6, 6.07) is 9.13. The molecule has 232 valence electrons. The third-order valence-corrected chi connectivity index (χ3v) is 6.64. The zero-order chi connectivity index (χ0) is 32.5. The van der Waals surface area contributed by atoms with E-state index in [1.807, 2.05) is 0 Å². The second kappa shape index (κ2) is 16.0. The summed E-state index contributed by atoms with van der Waals surface area (Å²) in [5.74, 6) is -0.955. The molecule has 0 amide bonds. The van der Waals surface area contributed by atoms with Crippen LogP contribution in [-0.2, 0) is 0 Å². The molecule has 0 unspecified atom stereocenters. The summed E-state index contributed by atoms with van der Waals surface area (Å²) in [6.07, 6.45) is -6.69. The molecule has 43 heavy (non-hydrogen) atoms. The molecule has 0 spiro atoms. The lowest BCUT2D eigenvalue weighted by Gasteiger charge is -2.12. The molecule has 0 aliphatic heterocycles. The molecule has 2 heterocycles. The summed E-state index contributed by atoms with van der Waals surface area (Å²) >= 11 is 39.4. The number of aromatic hydroxyl groups is 1. The second-order valence-electron chi connectivity index (χ2n) is 7.21. The molecule has 0 aliphatic carbocycles. The van der Waals surface area contributed by atoms with Crippen molar-refractivity contribution in [1.82, 2.24) is 9.97 Å². The minimum absolute atomic E-state index is 0.0299. The molecule has 1 N–H and O–H groups in total. The summed E-state index contributed by atoms with van der Waals surface area (Å²) in [7, 11) is 0. The van der Waals surface area contributed by atoms with Crippen molar-refractivity contribution in [2.24, 2.45) is 0 Å². The van der Waals surface area contributed by atoms with Gasteiger partial charge in [-0.25, -0.2) is 9.97 Å². The molecule has 0 atom stereocenters. The van der Waals surface area contributed by atoms with E-state index in [4.69, 9.17) is 91.0 Å². The highest BCUT2D eigenvalue weighted by Crippen LogP contribution is 2.38. The molecule has 2 aromatic carbocycles. The van der Waals surface area contributed by atoms with Gasteiger partial charge in [-0.15, -0.1) is 26.3 Å². The predicted molar refractivity (Wildman–Crippen MR) is 152 cm³/mol. The number of rotatable bonds is 4. The van der Waals surface area contributed by atoms with Crippen LogP contribution in [0, 0.1) is 0 Å². The van der Waals surface area contributed by atoms with Gasteiger partial charge in [-0.05, 0) is 30.3 Å². The first kappa shape index (κ1) is 36.7. The summed E-state index contributed by atoms with van der Waals surface area (Å²) in [5.41, 5.74) is 0. The van der Waals surface area contributed by atoms with Crippen molar-refractivity contribution in [3.63, 3.8) is 0 Å². The fourth-order valence-corrected chi connectivity index (χ4v) is 3.59. The van der Waals surface area contributed by atoms with Gasteiger partial charge in [0.25, 0.3) is 0 Å². The van der Waals surface area contributed by atoms with Crippen LogP contribution in [0.15, 0.2) is 60.9 Å². The molecule has 0 radical (unpaired) electrons. The van der Waals surface area contributed by atoms with Gasteiger partial charge in [-0.2, -0.15) is 0 Å². The van der Waals surface area contributed by atoms with E-state index in [1.54, 1.807) is 6.07 Å². The number of phenolic OH excluding ortho intramolecular Hbond substituents is 1. The van der Waals surface area contributed by atoms with Gasteiger partial charge in [0.2, 0.25) is 0 Å². The molecule has 19 heteroatoms. The first-order valence-corrected chi connectivity index (χ1v) is 13.2. The van der Waals surface area contributed by atoms with Crippen LogP contribution < -0.4 is 14.2 Å². The van der Waals surface area contributed by atoms with E-state index in [2.05, 4.69) is 19.4 Å². The van der Waals surface area contributed by atoms with E-state index in [9.17, 15) is 26.3 Å². The average Bonchev–Trinajstić information content (AvgIpc) is 2.88. The normalized spacial score (nSPS) is 11.0. The van der Waals surface area contributed by atoms with Crippen LogP contribution in [-0.4, -0.2) is 27.8 Å². The van der Waals surface area contributed by atoms with Gasteiger partial charge < -0.3 is 19.3 Å². The zero-order valence-corrected chi connectivity index (χ0v) is 25.5. The first-order chi connectivity index (χ1) is 19.9. The number of benzene rings is 2. The molecule has 4 aromatic rings. The second-order valence-corrected chi connectivity index (χ2v) is 9.91. The topological polar surface area (TPSA) is 73.7 Å². The number of hydrogen-bond acceptors (Lipinski definition) is 6. The highest BCUT2D eigenvalue weighted by atomic mass is 35.5. The van der Waals surface area contributed by atoms with Gasteiger partial charge in [0.05, 0.1) is 20.1 Å². The molecule has 0 bridgehead atoms. The molecule has 0 saturated heterocycles. The van der Waals surface area contributed by atoms with Crippen LogP contribution >= 0.6 is 81.2 Å². The molecule has 2 aromatic heterocycles. The van der Waals surface area contributed by atoms with Crippen LogP contribution in [0.5, 0.6) is 28.7 Å². The largest absolute Gasteiger partial charge is 0.573 e. The molecule has 0 aliphatic rings. The van der Waals surface area contributed by atoms with Gasteiger partial charge in [0, 0.05) is 30.6 Å². The van der Waals surface area contributed by atoms with E-state index in [0.29, 0.717) is 10.0 Å². The Bertz CT molecular complexity index is 1530. The molecular formula is C24H11Cl7F6N2O4. The maximum atomic E-state index is 12.1. The van der Waals surface area contributed by atoms with E-state index >= 15 is 0 Å². The quantitative estimate of drug-likeness (QED) is 0.165. The van der Waals surface area contributed by atoms with Gasteiger partial charge in [0.15, 0.2) is 10.9 Å². The summed E-state index contributed by atoms with van der Waals surface area (Å²) in [4.78, 5) is 7.42. The van der Waals surface area contributed by atoms with Crippen molar-refractivity contribution in [1.29, 1.82) is 0 Å². The Kier molecular flexibility index (Phi) is 13.7. The van der Waals surface area contributed by atoms with Crippen molar-refractivity contribution < 1.29 is 45.7 Å². The Morgan fingerprint density at radius 1 is 0.558 bits per heavy atom. The molecule has 0 saturated carbocycles. The maximum absolute atomic E-state index is 12.1. The number of nitrogens with zero attached hydrogens (tertiary/aromatic N) is 2. The Labute approximate surface area is 273 Å². The number of hydrogen-bond donors (Lipinski definition) is 1. The molecule has 0 fully saturated rings. The highest BCUT2D eigenvalue weighted by molar-refractivity contribution is 6.47. The van der Waals surface area contributed by atoms with Gasteiger partial charge in [0.1, 0.15) is 33.2 Å². The SMILES string of the molecule is Clc1ccnc(Cl)c1Cl.FC(F)(F)Oc1ccc(Oc2ccnc(Cl)c2Cl)c(Cl)c1.Oc1ccc(OC(F)(F)F)cc1Cl. The number of alkyl halides is 6. The zero-order valence-electron chi connectivity index (χ0n) is 20.3. The van der Waals surface area contributed by atoms with Crippen LogP contribution in [0.4, 0.5) is 26.3 Å². The van der Waals surface area contributed by atoms with Crippen LogP contribution in [0.3, 0.4) is 0 Å². The number of pyridine rings is 2. The van der Waals surface area contributed by atoms with Crippen molar-refractivity contribution in [3.05, 3.63) is 96.3 Å². The average molecular weight is 754 g/mol. The maximum Gasteiger partial charge on any atom is 0.573 e. The first-order valence-electron chi connectivity index (χ1n) is 10.6. The van der Waals surface area contributed by atoms with Gasteiger partial charge in [-0.1, -0.05) is 81.2 Å². The fraction of sp³-hybridized carbons (Fsp3) is 0.0833. The van der Waals surface area contributed by atoms with E-state index in [-0.39, 0.29) is 42.6 Å². The third kappa shape index (κ3) is 13.0. The standard InChI is InChI=1S/C12H5Cl3F3NO2.C7H4ClF3O2.C5H2Cl3N/c13-7-5-6(21-12(16,17)18)1-2-8(7)20-9-3-4-19-11(15)10(9)14;8-5-3-4(1-2-6(5)12)13-7(9,10)11;6-3-1-2-9-5(8)4(3)7/h1-5H;1-3,12H;1-2H. The number of phenols is 1. The van der Waals surface area contributed by atoms with Crippen molar-refractivity contribution >= 4 is 81.2 Å². The minimum atomic E-state index is -4.80. The van der Waals surface area contributed by atoms with Gasteiger partial charge >= 0.3 is 12.7 Å². The summed E-state index contributed by atoms with van der Waals surface area (Å²) in [6.45, 7) is 0. The van der Waals surface area contributed by atoms with E-state index in [0.717, 1.165) is 30.3 Å². The molecule has 4 rings (SSSR count). The molecule has 6 nitrogen and oxygen atoms in total. The van der Waals surface area contributed by atoms with Crippen LogP contribution in [0.1, 0.15) is 0 Å². The van der Waals surface area contributed by atoms with Crippen molar-refractivity contribution in [3.8, 4) is 28.7 Å². The van der Waals surface area contributed by atoms with Crippen molar-refractivity contribution in [2.45, 2.75) is 12.7 Å². The van der Waals surface area contributed by atoms with E-state index < -0.39 is 24.2 Å². The third-order valence-electron chi connectivity index (χ3n) is 4.12. The number of halogens is 13.